The Morgan fingerprint density at radius 2 is 0.933 bits per heavy atom. The summed E-state index contributed by atoms with van der Waals surface area (Å²) in [4.78, 5) is 26.1. The fourth-order valence-electron chi connectivity index (χ4n) is 7.33. The van der Waals surface area contributed by atoms with E-state index in [1.807, 2.05) is 48.6 Å². The molecule has 3 N–H and O–H groups in total. The molecule has 6 heteroatoms. The second-order valence-corrected chi connectivity index (χ2v) is 17.0. The lowest BCUT2D eigenvalue weighted by atomic mass is 10.0. The van der Waals surface area contributed by atoms with Crippen LogP contribution < -0.4 is 5.32 Å². The summed E-state index contributed by atoms with van der Waals surface area (Å²) < 4.78 is 5.87. The van der Waals surface area contributed by atoms with E-state index in [4.69, 9.17) is 4.74 Å². The second-order valence-electron chi connectivity index (χ2n) is 17.0. The van der Waals surface area contributed by atoms with Gasteiger partial charge in [0.1, 0.15) is 6.10 Å². The van der Waals surface area contributed by atoms with Crippen LogP contribution in [-0.2, 0) is 14.3 Å². The van der Waals surface area contributed by atoms with Gasteiger partial charge in [-0.1, -0.05) is 229 Å². The fraction of sp³-hybridized carbons (Fsp3) is 0.741. The Kier molecular flexibility index (Phi) is 45.2. The first-order valence-corrected chi connectivity index (χ1v) is 25.2. The molecule has 0 spiro atoms. The van der Waals surface area contributed by atoms with Crippen LogP contribution in [0.15, 0.2) is 72.9 Å². The van der Waals surface area contributed by atoms with Gasteiger partial charge >= 0.3 is 5.97 Å². The van der Waals surface area contributed by atoms with Crippen molar-refractivity contribution < 1.29 is 24.5 Å². The summed E-state index contributed by atoms with van der Waals surface area (Å²) in [6.45, 7) is 6.31. The molecule has 0 saturated heterocycles. The van der Waals surface area contributed by atoms with E-state index in [1.165, 1.54) is 116 Å². The molecule has 0 rings (SSSR count). The van der Waals surface area contributed by atoms with Gasteiger partial charge in [0.15, 0.2) is 0 Å². The number of rotatable bonds is 44. The molecule has 3 unspecified atom stereocenters. The van der Waals surface area contributed by atoms with Crippen LogP contribution >= 0.6 is 0 Å². The molecule has 0 aliphatic heterocycles. The van der Waals surface area contributed by atoms with E-state index in [9.17, 15) is 19.8 Å². The van der Waals surface area contributed by atoms with Crippen LogP contribution in [0.2, 0.25) is 0 Å². The van der Waals surface area contributed by atoms with Crippen LogP contribution in [0.3, 0.4) is 0 Å². The van der Waals surface area contributed by atoms with Crippen LogP contribution in [0.4, 0.5) is 0 Å². The number of carbonyl (C=O) groups excluding carboxylic acids is 2. The summed E-state index contributed by atoms with van der Waals surface area (Å²) in [5.74, 6) is -0.567. The van der Waals surface area contributed by atoms with Gasteiger partial charge in [0.05, 0.1) is 25.2 Å². The quantitative estimate of drug-likeness (QED) is 0.0246. The predicted octanol–water partition coefficient (Wildman–Crippen LogP) is 15.0. The molecule has 0 heterocycles. The highest BCUT2D eigenvalue weighted by molar-refractivity contribution is 5.77. The molecule has 0 aliphatic rings. The molecule has 1 amide bonds. The highest BCUT2D eigenvalue weighted by atomic mass is 16.5. The number of aliphatic hydroxyl groups is 2. The molecular weight excluding hydrogens is 743 g/mol. The Morgan fingerprint density at radius 1 is 0.500 bits per heavy atom. The minimum atomic E-state index is -0.811. The van der Waals surface area contributed by atoms with E-state index in [2.05, 4.69) is 50.4 Å². The van der Waals surface area contributed by atoms with Crippen molar-refractivity contribution in [3.63, 3.8) is 0 Å². The first-order valence-electron chi connectivity index (χ1n) is 25.2. The van der Waals surface area contributed by atoms with Crippen LogP contribution in [-0.4, -0.2) is 46.9 Å². The number of ether oxygens (including phenoxy) is 1. The Morgan fingerprint density at radius 3 is 1.43 bits per heavy atom. The number of unbranched alkanes of at least 4 members (excludes halogenated alkanes) is 24. The smallest absolute Gasteiger partial charge is 0.306 e. The molecule has 0 fully saturated rings. The zero-order valence-electron chi connectivity index (χ0n) is 39.3. The standard InChI is InChI=1S/C54H95NO5/c1-4-7-10-13-16-19-22-25-26-29-31-34-37-40-43-46-52(57)51(49-56)55-53(58)48-50(45-42-39-36-33-30-27-23-20-17-14-11-8-5-2)60-54(59)47-44-41-38-35-32-28-24-21-18-15-12-9-6-3/h8,11,14,17,20,23,27-28,30,32-33,36,50-52,56-57H,4-7,9-10,12-13,15-16,18-19,21-22,24-26,29,31,34-35,37-49H2,1-3H3,(H,55,58)/b11-8+,17-14+,23-20-,30-27-,32-28-,36-33+. The summed E-state index contributed by atoms with van der Waals surface area (Å²) in [5.41, 5.74) is 0. The molecule has 0 aromatic heterocycles. The maximum Gasteiger partial charge on any atom is 0.306 e. The molecule has 0 saturated carbocycles. The molecule has 0 aromatic carbocycles. The third-order valence-corrected chi connectivity index (χ3v) is 11.1. The number of hydrogen-bond acceptors (Lipinski definition) is 5. The Bertz CT molecular complexity index is 1120. The summed E-state index contributed by atoms with van der Waals surface area (Å²) >= 11 is 0. The van der Waals surface area contributed by atoms with Gasteiger partial charge in [0.2, 0.25) is 5.91 Å². The number of carbonyl (C=O) groups is 2. The third kappa shape index (κ3) is 42.0. The Hall–Kier alpha value is -2.70. The number of aliphatic hydroxyl groups excluding tert-OH is 2. The second kappa shape index (κ2) is 47.4. The van der Waals surface area contributed by atoms with E-state index in [0.717, 1.165) is 70.6 Å². The highest BCUT2D eigenvalue weighted by Gasteiger charge is 2.24. The molecule has 0 aromatic rings. The topological polar surface area (TPSA) is 95.9 Å². The lowest BCUT2D eigenvalue weighted by Crippen LogP contribution is -2.46. The summed E-state index contributed by atoms with van der Waals surface area (Å²) in [6.07, 6.45) is 59.7. The lowest BCUT2D eigenvalue weighted by Gasteiger charge is -2.24. The Labute approximate surface area is 371 Å². The fourth-order valence-corrected chi connectivity index (χ4v) is 7.33. The molecule has 6 nitrogen and oxygen atoms in total. The van der Waals surface area contributed by atoms with Crippen LogP contribution in [0.1, 0.15) is 233 Å². The molecule has 0 bridgehead atoms. The number of nitrogens with one attached hydrogen (secondary N) is 1. The van der Waals surface area contributed by atoms with Crippen molar-refractivity contribution in [1.82, 2.24) is 5.32 Å². The number of allylic oxidation sites excluding steroid dienone is 12. The van der Waals surface area contributed by atoms with E-state index >= 15 is 0 Å². The summed E-state index contributed by atoms with van der Waals surface area (Å²) in [5, 5.41) is 23.7. The summed E-state index contributed by atoms with van der Waals surface area (Å²) in [6, 6.07) is -0.729. The van der Waals surface area contributed by atoms with E-state index in [1.54, 1.807) is 0 Å². The highest BCUT2D eigenvalue weighted by Crippen LogP contribution is 2.17. The maximum absolute atomic E-state index is 13.2. The predicted molar refractivity (Wildman–Crippen MR) is 259 cm³/mol. The Balaban J connectivity index is 4.68. The molecular formula is C54H95NO5. The number of amides is 1. The molecule has 346 valence electrons. The van der Waals surface area contributed by atoms with Crippen LogP contribution in [0.25, 0.3) is 0 Å². The van der Waals surface area contributed by atoms with Crippen molar-refractivity contribution >= 4 is 11.9 Å². The van der Waals surface area contributed by atoms with Gasteiger partial charge in [0.25, 0.3) is 0 Å². The molecule has 0 radical (unpaired) electrons. The van der Waals surface area contributed by atoms with Crippen molar-refractivity contribution in [2.24, 2.45) is 0 Å². The number of esters is 1. The zero-order valence-corrected chi connectivity index (χ0v) is 39.3. The van der Waals surface area contributed by atoms with Gasteiger partial charge in [-0.25, -0.2) is 0 Å². The molecule has 0 aliphatic carbocycles. The van der Waals surface area contributed by atoms with Crippen molar-refractivity contribution in [2.45, 2.75) is 251 Å². The van der Waals surface area contributed by atoms with E-state index < -0.39 is 18.2 Å². The SMILES string of the molecule is CC/C=C/C=C/C=C\C=C/C=C/CCCC(CC(=O)NC(CO)C(O)CCCCCCCCCCCCCCCCC)OC(=O)CCCCC/C=C\CCCCCCCC. The van der Waals surface area contributed by atoms with Gasteiger partial charge < -0.3 is 20.3 Å². The van der Waals surface area contributed by atoms with Crippen LogP contribution in [0, 0.1) is 0 Å². The molecule has 60 heavy (non-hydrogen) atoms. The molecule has 3 atom stereocenters. The van der Waals surface area contributed by atoms with Crippen LogP contribution in [0.5, 0.6) is 0 Å². The van der Waals surface area contributed by atoms with Gasteiger partial charge in [-0.15, -0.1) is 0 Å². The largest absolute Gasteiger partial charge is 0.462 e. The van der Waals surface area contributed by atoms with Crippen molar-refractivity contribution in [3.05, 3.63) is 72.9 Å². The first kappa shape index (κ1) is 57.3. The minimum Gasteiger partial charge on any atom is -0.462 e. The van der Waals surface area contributed by atoms with Gasteiger partial charge in [-0.3, -0.25) is 9.59 Å². The third-order valence-electron chi connectivity index (χ3n) is 11.1. The van der Waals surface area contributed by atoms with E-state index in [0.29, 0.717) is 19.3 Å². The monoisotopic (exact) mass is 838 g/mol. The number of hydrogen-bond donors (Lipinski definition) is 3. The lowest BCUT2D eigenvalue weighted by molar-refractivity contribution is -0.151. The first-order chi connectivity index (χ1) is 29.5. The zero-order chi connectivity index (χ0) is 43.8. The van der Waals surface area contributed by atoms with Crippen molar-refractivity contribution in [3.8, 4) is 0 Å². The van der Waals surface area contributed by atoms with E-state index in [-0.39, 0.29) is 24.9 Å². The van der Waals surface area contributed by atoms with Crippen molar-refractivity contribution in [1.29, 1.82) is 0 Å². The van der Waals surface area contributed by atoms with Gasteiger partial charge in [-0.2, -0.15) is 0 Å². The minimum absolute atomic E-state index is 0.0205. The normalized spacial score (nSPS) is 13.9. The summed E-state index contributed by atoms with van der Waals surface area (Å²) in [7, 11) is 0. The van der Waals surface area contributed by atoms with Crippen molar-refractivity contribution in [2.75, 3.05) is 6.61 Å². The van der Waals surface area contributed by atoms with Gasteiger partial charge in [-0.05, 0) is 64.2 Å². The average Bonchev–Trinajstić information content (AvgIpc) is 3.24. The van der Waals surface area contributed by atoms with Gasteiger partial charge in [0, 0.05) is 6.42 Å². The average molecular weight is 838 g/mol. The maximum atomic E-state index is 13.2.